The number of nitrogens with one attached hydrogen (secondary N) is 1. The fourth-order valence-corrected chi connectivity index (χ4v) is 1.66. The van der Waals surface area contributed by atoms with Gasteiger partial charge in [-0.3, -0.25) is 0 Å². The number of hydrogen-bond acceptors (Lipinski definition) is 2. The van der Waals surface area contributed by atoms with Crippen LogP contribution in [0.2, 0.25) is 5.02 Å². The van der Waals surface area contributed by atoms with Crippen molar-refractivity contribution >= 4 is 44.5 Å². The maximum absolute atomic E-state index is 5.88. The highest BCUT2D eigenvalue weighted by Gasteiger charge is 2.06. The Kier molecular flexibility index (Phi) is 1.73. The summed E-state index contributed by atoms with van der Waals surface area (Å²) >= 11 is 9.24. The molecule has 0 fully saturated rings. The van der Waals surface area contributed by atoms with Crippen molar-refractivity contribution < 1.29 is 0 Å². The average molecular weight is 246 g/mol. The number of aromatic nitrogens is 2. The molecule has 0 unspecified atom stereocenters. The van der Waals surface area contributed by atoms with E-state index in [-0.39, 0.29) is 0 Å². The Bertz CT molecular complexity index is 398. The van der Waals surface area contributed by atoms with Gasteiger partial charge in [0.2, 0.25) is 0 Å². The Labute approximate surface area is 82.1 Å². The van der Waals surface area contributed by atoms with Crippen LogP contribution in [0.5, 0.6) is 0 Å². The molecule has 0 bridgehead atoms. The first-order chi connectivity index (χ1) is 5.68. The molecule has 0 aliphatic rings. The second kappa shape index (κ2) is 2.64. The Hall–Kier alpha value is -0.740. The molecule has 0 aliphatic heterocycles. The lowest BCUT2D eigenvalue weighted by atomic mass is 10.3. The first kappa shape index (κ1) is 7.89. The molecule has 0 amide bonds. The summed E-state index contributed by atoms with van der Waals surface area (Å²) in [6, 6.07) is 3.62. The molecule has 0 saturated heterocycles. The highest BCUT2D eigenvalue weighted by Crippen LogP contribution is 2.28. The standard InChI is InChI=1S/C7H5BrClN3/c8-3-1-2-4(9)6-5(3)11-7(10)12-6/h1-2H,(H3,10,11,12). The molecule has 3 N–H and O–H groups in total. The Balaban J connectivity index is 2.93. The third-order valence-corrected chi connectivity index (χ3v) is 2.53. The average Bonchev–Trinajstić information content (AvgIpc) is 2.41. The molecule has 0 radical (unpaired) electrons. The number of fused-ring (bicyclic) bond motifs is 1. The van der Waals surface area contributed by atoms with Gasteiger partial charge in [-0.25, -0.2) is 4.98 Å². The van der Waals surface area contributed by atoms with Gasteiger partial charge in [0.15, 0.2) is 5.95 Å². The minimum atomic E-state index is 0.374. The number of nitrogens with two attached hydrogens (primary N) is 1. The quantitative estimate of drug-likeness (QED) is 0.750. The van der Waals surface area contributed by atoms with Crippen LogP contribution in [-0.4, -0.2) is 9.97 Å². The van der Waals surface area contributed by atoms with Crippen molar-refractivity contribution in [2.45, 2.75) is 0 Å². The number of nitrogens with zero attached hydrogens (tertiary/aromatic N) is 1. The zero-order chi connectivity index (χ0) is 8.72. The first-order valence-electron chi connectivity index (χ1n) is 3.27. The van der Waals surface area contributed by atoms with Crippen LogP contribution in [-0.2, 0) is 0 Å². The number of nitrogen functional groups attached to an aromatic ring is 1. The summed E-state index contributed by atoms with van der Waals surface area (Å²) in [6.45, 7) is 0. The van der Waals surface area contributed by atoms with E-state index in [0.29, 0.717) is 16.5 Å². The zero-order valence-corrected chi connectivity index (χ0v) is 8.28. The van der Waals surface area contributed by atoms with E-state index < -0.39 is 0 Å². The molecule has 1 aromatic heterocycles. The Morgan fingerprint density at radius 3 is 2.92 bits per heavy atom. The van der Waals surface area contributed by atoms with Crippen molar-refractivity contribution in [3.63, 3.8) is 0 Å². The topological polar surface area (TPSA) is 54.7 Å². The van der Waals surface area contributed by atoms with E-state index in [2.05, 4.69) is 25.9 Å². The molecule has 0 spiro atoms. The fourth-order valence-electron chi connectivity index (χ4n) is 1.05. The van der Waals surface area contributed by atoms with Crippen LogP contribution in [0, 0.1) is 0 Å². The molecule has 2 rings (SSSR count). The number of anilines is 1. The third kappa shape index (κ3) is 1.07. The Morgan fingerprint density at radius 1 is 1.50 bits per heavy atom. The molecule has 1 heterocycles. The van der Waals surface area contributed by atoms with E-state index in [1.807, 2.05) is 6.07 Å². The van der Waals surface area contributed by atoms with Crippen molar-refractivity contribution in [1.82, 2.24) is 9.97 Å². The monoisotopic (exact) mass is 245 g/mol. The third-order valence-electron chi connectivity index (χ3n) is 1.56. The van der Waals surface area contributed by atoms with Gasteiger partial charge in [-0.2, -0.15) is 0 Å². The van der Waals surface area contributed by atoms with Gasteiger partial charge >= 0.3 is 0 Å². The molecule has 0 saturated carbocycles. The number of imidazole rings is 1. The molecule has 0 atom stereocenters. The van der Waals surface area contributed by atoms with E-state index in [9.17, 15) is 0 Å². The SMILES string of the molecule is Nc1nc2c(Cl)ccc(Br)c2[nH]1. The maximum atomic E-state index is 5.88. The van der Waals surface area contributed by atoms with Gasteiger partial charge in [0, 0.05) is 4.47 Å². The zero-order valence-electron chi connectivity index (χ0n) is 5.94. The van der Waals surface area contributed by atoms with Gasteiger partial charge in [-0.05, 0) is 28.1 Å². The van der Waals surface area contributed by atoms with Crippen LogP contribution in [0.25, 0.3) is 11.0 Å². The van der Waals surface area contributed by atoms with Crippen LogP contribution in [0.3, 0.4) is 0 Å². The van der Waals surface area contributed by atoms with Crippen molar-refractivity contribution in [2.24, 2.45) is 0 Å². The molecular formula is C7H5BrClN3. The normalized spacial score (nSPS) is 10.8. The van der Waals surface area contributed by atoms with E-state index >= 15 is 0 Å². The molecular weight excluding hydrogens is 241 g/mol. The number of rotatable bonds is 0. The largest absolute Gasteiger partial charge is 0.369 e. The Morgan fingerprint density at radius 2 is 2.25 bits per heavy atom. The fraction of sp³-hybridized carbons (Fsp3) is 0. The number of halogens is 2. The minimum absolute atomic E-state index is 0.374. The van der Waals surface area contributed by atoms with Gasteiger partial charge in [-0.1, -0.05) is 11.6 Å². The summed E-state index contributed by atoms with van der Waals surface area (Å²) in [6.07, 6.45) is 0. The van der Waals surface area contributed by atoms with Crippen molar-refractivity contribution in [3.05, 3.63) is 21.6 Å². The number of benzene rings is 1. The number of H-pyrrole nitrogens is 1. The number of aromatic amines is 1. The minimum Gasteiger partial charge on any atom is -0.369 e. The van der Waals surface area contributed by atoms with Gasteiger partial charge < -0.3 is 10.7 Å². The summed E-state index contributed by atoms with van der Waals surface area (Å²) < 4.78 is 0.908. The summed E-state index contributed by atoms with van der Waals surface area (Å²) in [5.41, 5.74) is 7.01. The van der Waals surface area contributed by atoms with Crippen LogP contribution in [0.15, 0.2) is 16.6 Å². The van der Waals surface area contributed by atoms with Gasteiger partial charge in [-0.15, -0.1) is 0 Å². The molecule has 3 nitrogen and oxygen atoms in total. The second-order valence-electron chi connectivity index (χ2n) is 2.37. The summed E-state index contributed by atoms with van der Waals surface area (Å²) in [5.74, 6) is 0.374. The van der Waals surface area contributed by atoms with Crippen molar-refractivity contribution in [2.75, 3.05) is 5.73 Å². The van der Waals surface area contributed by atoms with Crippen molar-refractivity contribution in [1.29, 1.82) is 0 Å². The highest BCUT2D eigenvalue weighted by atomic mass is 79.9. The van der Waals surface area contributed by atoms with Crippen molar-refractivity contribution in [3.8, 4) is 0 Å². The predicted molar refractivity (Wildman–Crippen MR) is 53.2 cm³/mol. The molecule has 2 aromatic rings. The highest BCUT2D eigenvalue weighted by molar-refractivity contribution is 9.10. The number of hydrogen-bond donors (Lipinski definition) is 2. The van der Waals surface area contributed by atoms with Gasteiger partial charge in [0.25, 0.3) is 0 Å². The van der Waals surface area contributed by atoms with E-state index in [4.69, 9.17) is 17.3 Å². The molecule has 5 heteroatoms. The van der Waals surface area contributed by atoms with Crippen LogP contribution in [0.1, 0.15) is 0 Å². The summed E-state index contributed by atoms with van der Waals surface area (Å²) in [5, 5.41) is 0.598. The lowest BCUT2D eigenvalue weighted by Crippen LogP contribution is -1.84. The van der Waals surface area contributed by atoms with Gasteiger partial charge in [0.1, 0.15) is 5.52 Å². The molecule has 1 aromatic carbocycles. The summed E-state index contributed by atoms with van der Waals surface area (Å²) in [4.78, 5) is 6.94. The molecule has 62 valence electrons. The summed E-state index contributed by atoms with van der Waals surface area (Å²) in [7, 11) is 0. The van der Waals surface area contributed by atoms with E-state index in [1.165, 1.54) is 0 Å². The molecule has 12 heavy (non-hydrogen) atoms. The van der Waals surface area contributed by atoms with Gasteiger partial charge in [0.05, 0.1) is 10.5 Å². The lowest BCUT2D eigenvalue weighted by molar-refractivity contribution is 1.35. The van der Waals surface area contributed by atoms with E-state index in [0.717, 1.165) is 9.99 Å². The first-order valence-corrected chi connectivity index (χ1v) is 4.45. The predicted octanol–water partition coefficient (Wildman–Crippen LogP) is 2.56. The molecule has 0 aliphatic carbocycles. The van der Waals surface area contributed by atoms with Crippen LogP contribution in [0.4, 0.5) is 5.95 Å². The smallest absolute Gasteiger partial charge is 0.198 e. The maximum Gasteiger partial charge on any atom is 0.198 e. The van der Waals surface area contributed by atoms with E-state index in [1.54, 1.807) is 6.07 Å². The van der Waals surface area contributed by atoms with Crippen LogP contribution >= 0.6 is 27.5 Å². The van der Waals surface area contributed by atoms with Crippen LogP contribution < -0.4 is 5.73 Å². The second-order valence-corrected chi connectivity index (χ2v) is 3.64. The lowest BCUT2D eigenvalue weighted by Gasteiger charge is -1.93.